The average Bonchev–Trinajstić information content (AvgIpc) is 2.15. The minimum absolute atomic E-state index is 0.000000000000000444. The Hall–Kier alpha value is -1.17. The molecule has 0 amide bonds. The maximum atomic E-state index is 10.4. The van der Waals surface area contributed by atoms with Gasteiger partial charge in [0.2, 0.25) is 0 Å². The number of aliphatic hydroxyl groups excluding tert-OH is 1. The molecule has 0 bridgehead atoms. The Labute approximate surface area is 85.3 Å². The van der Waals surface area contributed by atoms with Crippen LogP contribution in [0.2, 0.25) is 5.02 Å². The van der Waals surface area contributed by atoms with Gasteiger partial charge in [0.25, 0.3) is 5.69 Å². The molecule has 1 atom stereocenters. The maximum Gasteiger partial charge on any atom is 0.287 e. The third-order valence-electron chi connectivity index (χ3n) is 1.78. The van der Waals surface area contributed by atoms with E-state index in [0.717, 1.165) is 0 Å². The van der Waals surface area contributed by atoms with Gasteiger partial charge in [-0.2, -0.15) is 0 Å². The van der Waals surface area contributed by atoms with Gasteiger partial charge in [-0.15, -0.1) is 0 Å². The Morgan fingerprint density at radius 3 is 2.71 bits per heavy atom. The van der Waals surface area contributed by atoms with E-state index >= 15 is 0 Å². The summed E-state index contributed by atoms with van der Waals surface area (Å²) in [5.74, 6) is 0. The number of rotatable bonds is 3. The molecule has 0 unspecified atom stereocenters. The molecule has 0 spiro atoms. The van der Waals surface area contributed by atoms with E-state index in [9.17, 15) is 15.2 Å². The van der Waals surface area contributed by atoms with Crippen molar-refractivity contribution in [2.24, 2.45) is 5.73 Å². The first kappa shape index (κ1) is 10.9. The number of nitro benzene ring substituents is 1. The van der Waals surface area contributed by atoms with Crippen molar-refractivity contribution in [1.29, 1.82) is 0 Å². The number of hydrogen-bond donors (Lipinski definition) is 2. The van der Waals surface area contributed by atoms with Crippen LogP contribution in [0.5, 0.6) is 0 Å². The van der Waals surface area contributed by atoms with Gasteiger partial charge in [-0.1, -0.05) is 11.6 Å². The second-order valence-electron chi connectivity index (χ2n) is 2.72. The second-order valence-corrected chi connectivity index (χ2v) is 3.13. The van der Waals surface area contributed by atoms with E-state index in [2.05, 4.69) is 0 Å². The monoisotopic (exact) mass is 216 g/mol. The maximum absolute atomic E-state index is 10.4. The summed E-state index contributed by atoms with van der Waals surface area (Å²) in [6, 6.07) is 4.02. The van der Waals surface area contributed by atoms with Crippen LogP contribution in [0.15, 0.2) is 18.2 Å². The predicted molar refractivity (Wildman–Crippen MR) is 52.1 cm³/mol. The van der Waals surface area contributed by atoms with Gasteiger partial charge in [-0.25, -0.2) is 0 Å². The molecular formula is C8H9ClN2O3. The third kappa shape index (κ3) is 2.20. The summed E-state index contributed by atoms with van der Waals surface area (Å²) in [5.41, 5.74) is 5.52. The van der Waals surface area contributed by atoms with Crippen molar-refractivity contribution >= 4 is 17.3 Å². The standard InChI is InChI=1S/C8H9ClN2O3/c9-6-3-5(8(12)4-10)1-2-7(6)11(13)14/h1-3,8,12H,4,10H2/t8-/m0/s1. The van der Waals surface area contributed by atoms with Crippen LogP contribution in [0.3, 0.4) is 0 Å². The molecule has 0 aromatic heterocycles. The van der Waals surface area contributed by atoms with Gasteiger partial charge in [0.05, 0.1) is 11.0 Å². The Kier molecular flexibility index (Phi) is 3.40. The largest absolute Gasteiger partial charge is 0.387 e. The molecule has 1 aromatic rings. The Morgan fingerprint density at radius 1 is 1.64 bits per heavy atom. The van der Waals surface area contributed by atoms with E-state index in [-0.39, 0.29) is 17.3 Å². The highest BCUT2D eigenvalue weighted by atomic mass is 35.5. The first-order valence-corrected chi connectivity index (χ1v) is 4.26. The van der Waals surface area contributed by atoms with Crippen molar-refractivity contribution in [2.45, 2.75) is 6.10 Å². The number of hydrogen-bond acceptors (Lipinski definition) is 4. The highest BCUT2D eigenvalue weighted by molar-refractivity contribution is 6.32. The zero-order valence-electron chi connectivity index (χ0n) is 7.18. The first-order valence-electron chi connectivity index (χ1n) is 3.88. The number of nitro groups is 1. The minimum Gasteiger partial charge on any atom is -0.387 e. The van der Waals surface area contributed by atoms with Crippen LogP contribution in [-0.4, -0.2) is 16.6 Å². The average molecular weight is 217 g/mol. The number of halogens is 1. The van der Waals surface area contributed by atoms with E-state index < -0.39 is 11.0 Å². The predicted octanol–water partition coefficient (Wildman–Crippen LogP) is 1.24. The lowest BCUT2D eigenvalue weighted by Gasteiger charge is -2.07. The molecule has 0 heterocycles. The Morgan fingerprint density at radius 2 is 2.29 bits per heavy atom. The zero-order valence-corrected chi connectivity index (χ0v) is 7.94. The van der Waals surface area contributed by atoms with Crippen LogP contribution >= 0.6 is 11.6 Å². The van der Waals surface area contributed by atoms with Crippen LogP contribution in [0.1, 0.15) is 11.7 Å². The molecule has 0 aliphatic heterocycles. The molecule has 6 heteroatoms. The zero-order chi connectivity index (χ0) is 10.7. The summed E-state index contributed by atoms with van der Waals surface area (Å²) in [6.07, 6.45) is -0.840. The van der Waals surface area contributed by atoms with Crippen molar-refractivity contribution in [2.75, 3.05) is 6.54 Å². The topological polar surface area (TPSA) is 89.4 Å². The van der Waals surface area contributed by atoms with Crippen molar-refractivity contribution in [3.05, 3.63) is 38.9 Å². The lowest BCUT2D eigenvalue weighted by molar-refractivity contribution is -0.384. The van der Waals surface area contributed by atoms with E-state index in [4.69, 9.17) is 17.3 Å². The van der Waals surface area contributed by atoms with E-state index in [1.165, 1.54) is 18.2 Å². The fourth-order valence-corrected chi connectivity index (χ4v) is 1.27. The summed E-state index contributed by atoms with van der Waals surface area (Å²) in [5, 5.41) is 19.7. The third-order valence-corrected chi connectivity index (χ3v) is 2.08. The van der Waals surface area contributed by atoms with Crippen LogP contribution in [0.4, 0.5) is 5.69 Å². The molecule has 0 fully saturated rings. The molecule has 0 saturated heterocycles. The fraction of sp³-hybridized carbons (Fsp3) is 0.250. The molecular weight excluding hydrogens is 208 g/mol. The number of aliphatic hydroxyl groups is 1. The quantitative estimate of drug-likeness (QED) is 0.588. The highest BCUT2D eigenvalue weighted by Gasteiger charge is 2.14. The normalized spacial score (nSPS) is 12.5. The van der Waals surface area contributed by atoms with Gasteiger partial charge in [0.1, 0.15) is 5.02 Å². The molecule has 5 nitrogen and oxygen atoms in total. The lowest BCUT2D eigenvalue weighted by atomic mass is 10.1. The molecule has 0 saturated carbocycles. The highest BCUT2D eigenvalue weighted by Crippen LogP contribution is 2.27. The SMILES string of the molecule is NC[C@H](O)c1ccc([N+](=O)[O-])c(Cl)c1. The van der Waals surface area contributed by atoms with Gasteiger partial charge < -0.3 is 10.8 Å². The minimum atomic E-state index is -0.840. The molecule has 3 N–H and O–H groups in total. The molecule has 0 radical (unpaired) electrons. The van der Waals surface area contributed by atoms with Crippen molar-refractivity contribution in [1.82, 2.24) is 0 Å². The van der Waals surface area contributed by atoms with Gasteiger partial charge in [-0.05, 0) is 17.7 Å². The van der Waals surface area contributed by atoms with Crippen molar-refractivity contribution in [3.63, 3.8) is 0 Å². The summed E-state index contributed by atoms with van der Waals surface area (Å²) in [7, 11) is 0. The summed E-state index contributed by atoms with van der Waals surface area (Å²) < 4.78 is 0. The molecule has 1 rings (SSSR count). The van der Waals surface area contributed by atoms with Gasteiger partial charge in [-0.3, -0.25) is 10.1 Å². The van der Waals surface area contributed by atoms with Crippen molar-refractivity contribution < 1.29 is 10.0 Å². The van der Waals surface area contributed by atoms with Gasteiger partial charge in [0.15, 0.2) is 0 Å². The number of nitrogens with zero attached hydrogens (tertiary/aromatic N) is 1. The van der Waals surface area contributed by atoms with Gasteiger partial charge in [0, 0.05) is 12.6 Å². The van der Waals surface area contributed by atoms with Crippen LogP contribution in [0.25, 0.3) is 0 Å². The van der Waals surface area contributed by atoms with Crippen LogP contribution in [0, 0.1) is 10.1 Å². The molecule has 76 valence electrons. The van der Waals surface area contributed by atoms with Crippen molar-refractivity contribution in [3.8, 4) is 0 Å². The van der Waals surface area contributed by atoms with E-state index in [1.807, 2.05) is 0 Å². The number of nitrogens with two attached hydrogens (primary N) is 1. The smallest absolute Gasteiger partial charge is 0.287 e. The Balaban J connectivity index is 3.06. The molecule has 1 aromatic carbocycles. The fourth-order valence-electron chi connectivity index (χ4n) is 1.01. The second kappa shape index (κ2) is 4.36. The summed E-state index contributed by atoms with van der Waals surface area (Å²) in [4.78, 5) is 9.82. The summed E-state index contributed by atoms with van der Waals surface area (Å²) in [6.45, 7) is 0.0497. The van der Waals surface area contributed by atoms with E-state index in [1.54, 1.807) is 0 Å². The van der Waals surface area contributed by atoms with E-state index in [0.29, 0.717) is 5.56 Å². The van der Waals surface area contributed by atoms with Gasteiger partial charge >= 0.3 is 0 Å². The van der Waals surface area contributed by atoms with Crippen LogP contribution in [-0.2, 0) is 0 Å². The molecule has 0 aliphatic rings. The summed E-state index contributed by atoms with van der Waals surface area (Å²) >= 11 is 5.63. The lowest BCUT2D eigenvalue weighted by Crippen LogP contribution is -2.11. The first-order chi connectivity index (χ1) is 6.56. The Bertz CT molecular complexity index is 356. The molecule has 0 aliphatic carbocycles. The van der Waals surface area contributed by atoms with Crippen LogP contribution < -0.4 is 5.73 Å². The molecule has 14 heavy (non-hydrogen) atoms. The number of benzene rings is 1.